The number of rotatable bonds is 8. The summed E-state index contributed by atoms with van der Waals surface area (Å²) >= 11 is 3.77. The number of quaternary nitrogens is 1. The number of fused-ring (bicyclic) bond motifs is 2. The van der Waals surface area contributed by atoms with Gasteiger partial charge < -0.3 is 26.4 Å². The van der Waals surface area contributed by atoms with E-state index in [0.717, 1.165) is 12.6 Å². The van der Waals surface area contributed by atoms with Gasteiger partial charge in [0.25, 0.3) is 0 Å². The van der Waals surface area contributed by atoms with Gasteiger partial charge in [-0.1, -0.05) is 37.2 Å². The van der Waals surface area contributed by atoms with Crippen LogP contribution >= 0.6 is 23.5 Å². The molecule has 1 saturated heterocycles. The molecule has 1 fully saturated rings. The van der Waals surface area contributed by atoms with E-state index in [9.17, 15) is 0 Å². The number of halogens is 1. The highest BCUT2D eigenvalue weighted by molar-refractivity contribution is 8.00. The molecule has 2 nitrogen and oxygen atoms in total. The Morgan fingerprint density at radius 1 is 1.06 bits per heavy atom. The van der Waals surface area contributed by atoms with Crippen molar-refractivity contribution < 1.29 is 21.5 Å². The summed E-state index contributed by atoms with van der Waals surface area (Å²) in [7, 11) is 2.54. The number of piperidine rings is 1. The Bertz CT molecular complexity index is 859. The minimum Gasteiger partial charge on any atom is -1.00 e. The summed E-state index contributed by atoms with van der Waals surface area (Å²) in [5, 5.41) is 0. The molecule has 2 atom stereocenters. The Morgan fingerprint density at radius 3 is 2.68 bits per heavy atom. The third-order valence-corrected chi connectivity index (χ3v) is 8.98. The average Bonchev–Trinajstić information content (AvgIpc) is 2.77. The number of hydrogen-bond acceptors (Lipinski definition) is 3. The molecule has 0 aliphatic carbocycles. The van der Waals surface area contributed by atoms with E-state index >= 15 is 0 Å². The lowest BCUT2D eigenvalue weighted by atomic mass is 9.95. The van der Waals surface area contributed by atoms with E-state index in [2.05, 4.69) is 67.6 Å². The van der Waals surface area contributed by atoms with Crippen LogP contribution in [0.2, 0.25) is 0 Å². The molecule has 2 heterocycles. The first kappa shape index (κ1) is 25.0. The van der Waals surface area contributed by atoms with E-state index in [0.29, 0.717) is 0 Å². The molecule has 5 heteroatoms. The van der Waals surface area contributed by atoms with Gasteiger partial charge in [0.2, 0.25) is 0 Å². The molecule has 2 aliphatic heterocycles. The first-order valence-electron chi connectivity index (χ1n) is 11.7. The van der Waals surface area contributed by atoms with Crippen LogP contribution in [-0.4, -0.2) is 43.5 Å². The van der Waals surface area contributed by atoms with Crippen molar-refractivity contribution in [2.24, 2.45) is 0 Å². The highest BCUT2D eigenvalue weighted by atomic mass is 79.9. The third-order valence-electron chi connectivity index (χ3n) is 7.13. The van der Waals surface area contributed by atoms with Crippen LogP contribution in [0.1, 0.15) is 51.9 Å². The fraction of sp³-hybridized carbons (Fsp3) is 0.538. The van der Waals surface area contributed by atoms with Crippen molar-refractivity contribution in [3.05, 3.63) is 42.5 Å². The van der Waals surface area contributed by atoms with E-state index in [1.807, 2.05) is 23.5 Å². The SMILES string of the molecule is CCCCC[N+]1(C)CCCCC1CCN1c2ccccc2Sc2ccc(SC)cc21.[Br-]. The second kappa shape index (κ2) is 11.5. The van der Waals surface area contributed by atoms with E-state index in [1.165, 1.54) is 88.6 Å². The van der Waals surface area contributed by atoms with Crippen molar-refractivity contribution in [1.82, 2.24) is 0 Å². The van der Waals surface area contributed by atoms with Crippen LogP contribution in [0.5, 0.6) is 0 Å². The lowest BCUT2D eigenvalue weighted by Gasteiger charge is -2.46. The zero-order valence-electron chi connectivity index (χ0n) is 19.3. The molecular formula is C26H37BrN2S2. The Balaban J connectivity index is 0.00000272. The van der Waals surface area contributed by atoms with Crippen LogP contribution in [0, 0.1) is 0 Å². The summed E-state index contributed by atoms with van der Waals surface area (Å²) in [4.78, 5) is 6.77. The largest absolute Gasteiger partial charge is 1.00 e. The monoisotopic (exact) mass is 520 g/mol. The number of likely N-dealkylation sites (tertiary alicyclic amines) is 1. The topological polar surface area (TPSA) is 3.24 Å². The number of unbranched alkanes of at least 4 members (excludes halogenated alkanes) is 2. The van der Waals surface area contributed by atoms with Crippen LogP contribution in [0.15, 0.2) is 57.2 Å². The average molecular weight is 522 g/mol. The standard InChI is InChI=1S/C26H37N2S2.BrH/c1-4-5-9-18-28(2)19-10-8-11-21(28)16-17-27-23-12-6-7-13-25(23)30-26-15-14-22(29-3)20-24(26)27;/h6-7,12-15,20-21H,4-5,8-11,16-19H2,1-3H3;1H/q+1;/p-1. The van der Waals surface area contributed by atoms with Gasteiger partial charge in [-0.25, -0.2) is 0 Å². The van der Waals surface area contributed by atoms with Crippen LogP contribution in [0.4, 0.5) is 11.4 Å². The molecule has 2 unspecified atom stereocenters. The number of para-hydroxylation sites is 1. The summed E-state index contributed by atoms with van der Waals surface area (Å²) in [6.07, 6.45) is 11.7. The number of thioether (sulfide) groups is 1. The quantitative estimate of drug-likeness (QED) is 0.284. The second-order valence-corrected chi connectivity index (χ2v) is 11.1. The lowest BCUT2D eigenvalue weighted by Crippen LogP contribution is -3.00. The predicted octanol–water partition coefficient (Wildman–Crippen LogP) is 4.59. The Kier molecular flexibility index (Phi) is 9.27. The summed E-state index contributed by atoms with van der Waals surface area (Å²) in [6.45, 7) is 6.17. The Morgan fingerprint density at radius 2 is 1.87 bits per heavy atom. The molecule has 170 valence electrons. The maximum atomic E-state index is 2.62. The van der Waals surface area contributed by atoms with Crippen molar-refractivity contribution in [3.63, 3.8) is 0 Å². The van der Waals surface area contributed by atoms with Crippen molar-refractivity contribution in [1.29, 1.82) is 0 Å². The molecule has 0 amide bonds. The maximum absolute atomic E-state index is 2.62. The predicted molar refractivity (Wildman–Crippen MR) is 133 cm³/mol. The molecule has 4 rings (SSSR count). The molecule has 0 N–H and O–H groups in total. The number of benzene rings is 2. The van der Waals surface area contributed by atoms with Crippen LogP contribution in [0.25, 0.3) is 0 Å². The van der Waals surface area contributed by atoms with Gasteiger partial charge in [-0.05, 0) is 68.7 Å². The minimum atomic E-state index is 0. The fourth-order valence-electron chi connectivity index (χ4n) is 5.28. The van der Waals surface area contributed by atoms with Crippen molar-refractivity contribution in [2.45, 2.75) is 72.6 Å². The summed E-state index contributed by atoms with van der Waals surface area (Å²) < 4.78 is 1.29. The van der Waals surface area contributed by atoms with Gasteiger partial charge in [0.15, 0.2) is 0 Å². The minimum absolute atomic E-state index is 0. The Labute approximate surface area is 208 Å². The number of anilines is 2. The summed E-state index contributed by atoms with van der Waals surface area (Å²) in [6, 6.07) is 16.8. The van der Waals surface area contributed by atoms with Gasteiger partial charge in [-0.15, -0.1) is 11.8 Å². The highest BCUT2D eigenvalue weighted by Crippen LogP contribution is 2.49. The van der Waals surface area contributed by atoms with Gasteiger partial charge in [0.05, 0.1) is 37.6 Å². The molecule has 0 saturated carbocycles. The van der Waals surface area contributed by atoms with E-state index < -0.39 is 0 Å². The molecule has 31 heavy (non-hydrogen) atoms. The van der Waals surface area contributed by atoms with Gasteiger partial charge in [-0.2, -0.15) is 0 Å². The second-order valence-electron chi connectivity index (χ2n) is 9.13. The van der Waals surface area contributed by atoms with Crippen molar-refractivity contribution in [3.8, 4) is 0 Å². The third kappa shape index (κ3) is 5.66. The number of nitrogens with zero attached hydrogens (tertiary/aromatic N) is 2. The molecule has 2 aromatic carbocycles. The van der Waals surface area contributed by atoms with Crippen LogP contribution in [-0.2, 0) is 0 Å². The van der Waals surface area contributed by atoms with Gasteiger partial charge in [0.1, 0.15) is 0 Å². The molecule has 0 bridgehead atoms. The summed E-state index contributed by atoms with van der Waals surface area (Å²) in [5.74, 6) is 0. The molecule has 2 aromatic rings. The van der Waals surface area contributed by atoms with Crippen LogP contribution < -0.4 is 21.9 Å². The highest BCUT2D eigenvalue weighted by Gasteiger charge is 2.35. The van der Waals surface area contributed by atoms with Gasteiger partial charge >= 0.3 is 0 Å². The zero-order chi connectivity index (χ0) is 21.0. The number of hydrogen-bond donors (Lipinski definition) is 0. The van der Waals surface area contributed by atoms with Gasteiger partial charge in [0, 0.05) is 27.7 Å². The normalized spacial score (nSPS) is 22.4. The van der Waals surface area contributed by atoms with Crippen LogP contribution in [0.3, 0.4) is 0 Å². The first-order valence-corrected chi connectivity index (χ1v) is 13.8. The van der Waals surface area contributed by atoms with E-state index in [-0.39, 0.29) is 17.0 Å². The lowest BCUT2D eigenvalue weighted by molar-refractivity contribution is -0.938. The fourth-order valence-corrected chi connectivity index (χ4v) is 6.79. The smallest absolute Gasteiger partial charge is 0.0905 e. The van der Waals surface area contributed by atoms with E-state index in [1.54, 1.807) is 0 Å². The zero-order valence-corrected chi connectivity index (χ0v) is 22.5. The van der Waals surface area contributed by atoms with Gasteiger partial charge in [-0.3, -0.25) is 0 Å². The summed E-state index contributed by atoms with van der Waals surface area (Å²) in [5.41, 5.74) is 2.80. The van der Waals surface area contributed by atoms with Crippen molar-refractivity contribution in [2.75, 3.05) is 37.8 Å². The maximum Gasteiger partial charge on any atom is 0.0905 e. The molecule has 0 radical (unpaired) electrons. The molecule has 0 aromatic heterocycles. The van der Waals surface area contributed by atoms with E-state index in [4.69, 9.17) is 0 Å². The Hall–Kier alpha value is -0.620. The molecular weight excluding hydrogens is 484 g/mol. The first-order chi connectivity index (χ1) is 14.6. The molecule has 0 spiro atoms. The van der Waals surface area contributed by atoms with Crippen molar-refractivity contribution >= 4 is 34.9 Å². The molecule has 2 aliphatic rings.